The van der Waals surface area contributed by atoms with Gasteiger partial charge in [-0.1, -0.05) is 13.3 Å². The number of hydrogen-bond acceptors (Lipinski definition) is 4. The number of aromatic nitrogens is 1. The Morgan fingerprint density at radius 3 is 2.89 bits per heavy atom. The molecule has 0 aromatic carbocycles. The van der Waals surface area contributed by atoms with Crippen LogP contribution in [0.4, 0.5) is 0 Å². The average molecular weight is 283 g/mol. The van der Waals surface area contributed by atoms with Gasteiger partial charge >= 0.3 is 0 Å². The van der Waals surface area contributed by atoms with Crippen molar-refractivity contribution in [1.29, 1.82) is 0 Å². The van der Waals surface area contributed by atoms with E-state index >= 15 is 0 Å². The second-order valence-electron chi connectivity index (χ2n) is 4.90. The Kier molecular flexibility index (Phi) is 4.54. The largest absolute Gasteiger partial charge is 0.317 e. The van der Waals surface area contributed by atoms with E-state index in [-0.39, 0.29) is 4.90 Å². The highest BCUT2D eigenvalue weighted by molar-refractivity contribution is 7.89. The van der Waals surface area contributed by atoms with Gasteiger partial charge in [0.1, 0.15) is 4.90 Å². The van der Waals surface area contributed by atoms with Gasteiger partial charge in [0.25, 0.3) is 0 Å². The van der Waals surface area contributed by atoms with Crippen molar-refractivity contribution in [3.05, 3.63) is 24.5 Å². The third-order valence-electron chi connectivity index (χ3n) is 3.86. The van der Waals surface area contributed by atoms with E-state index in [0.717, 1.165) is 12.8 Å². The molecule has 1 fully saturated rings. The molecule has 0 saturated carbocycles. The van der Waals surface area contributed by atoms with Gasteiger partial charge in [0.2, 0.25) is 10.0 Å². The van der Waals surface area contributed by atoms with Crippen molar-refractivity contribution in [3.8, 4) is 0 Å². The van der Waals surface area contributed by atoms with Crippen molar-refractivity contribution in [1.82, 2.24) is 14.6 Å². The third kappa shape index (κ3) is 2.96. The van der Waals surface area contributed by atoms with Crippen LogP contribution in [0.2, 0.25) is 0 Å². The zero-order valence-corrected chi connectivity index (χ0v) is 12.2. The Morgan fingerprint density at radius 1 is 1.53 bits per heavy atom. The summed E-state index contributed by atoms with van der Waals surface area (Å²) in [5.74, 6) is 0.366. The molecule has 1 aromatic rings. The highest BCUT2D eigenvalue weighted by atomic mass is 32.2. The minimum absolute atomic E-state index is 0.285. The molecule has 2 heterocycles. The summed E-state index contributed by atoms with van der Waals surface area (Å²) < 4.78 is 26.6. The zero-order valence-electron chi connectivity index (χ0n) is 11.4. The van der Waals surface area contributed by atoms with Crippen LogP contribution in [0.1, 0.15) is 19.8 Å². The minimum Gasteiger partial charge on any atom is -0.317 e. The highest BCUT2D eigenvalue weighted by Gasteiger charge is 2.34. The molecule has 0 radical (unpaired) electrons. The molecule has 0 amide bonds. The number of pyridine rings is 1. The van der Waals surface area contributed by atoms with Crippen molar-refractivity contribution in [2.24, 2.45) is 5.92 Å². The van der Waals surface area contributed by atoms with E-state index in [4.69, 9.17) is 0 Å². The molecule has 2 atom stereocenters. The zero-order chi connectivity index (χ0) is 13.9. The molecule has 19 heavy (non-hydrogen) atoms. The Morgan fingerprint density at radius 2 is 2.32 bits per heavy atom. The van der Waals surface area contributed by atoms with Crippen LogP contribution < -0.4 is 5.32 Å². The number of nitrogens with one attached hydrogen (secondary N) is 1. The average Bonchev–Trinajstić information content (AvgIpc) is 2.47. The van der Waals surface area contributed by atoms with Gasteiger partial charge in [0.05, 0.1) is 0 Å². The predicted octanol–water partition coefficient (Wildman–Crippen LogP) is 1.09. The highest BCUT2D eigenvalue weighted by Crippen LogP contribution is 2.25. The van der Waals surface area contributed by atoms with Gasteiger partial charge in [0, 0.05) is 31.5 Å². The second kappa shape index (κ2) is 5.98. The number of rotatable bonds is 4. The molecule has 2 rings (SSSR count). The summed E-state index contributed by atoms with van der Waals surface area (Å²) >= 11 is 0. The van der Waals surface area contributed by atoms with E-state index in [2.05, 4.69) is 17.2 Å². The normalized spacial score (nSPS) is 25.4. The number of hydrogen-bond donors (Lipinski definition) is 1. The van der Waals surface area contributed by atoms with Crippen molar-refractivity contribution in [3.63, 3.8) is 0 Å². The lowest BCUT2D eigenvalue weighted by Crippen LogP contribution is -2.49. The maximum atomic E-state index is 12.5. The molecule has 2 unspecified atom stereocenters. The van der Waals surface area contributed by atoms with Crippen LogP contribution >= 0.6 is 0 Å². The monoisotopic (exact) mass is 283 g/mol. The van der Waals surface area contributed by atoms with Crippen molar-refractivity contribution < 1.29 is 8.42 Å². The summed E-state index contributed by atoms with van der Waals surface area (Å²) in [4.78, 5) is 4.18. The first kappa shape index (κ1) is 14.4. The first-order chi connectivity index (χ1) is 9.09. The van der Waals surface area contributed by atoms with E-state index in [9.17, 15) is 8.42 Å². The number of sulfonamides is 1. The maximum absolute atomic E-state index is 12.5. The molecule has 1 N–H and O–H groups in total. The third-order valence-corrected chi connectivity index (χ3v) is 5.71. The second-order valence-corrected chi connectivity index (χ2v) is 6.84. The van der Waals surface area contributed by atoms with Crippen LogP contribution in [-0.2, 0) is 10.0 Å². The summed E-state index contributed by atoms with van der Waals surface area (Å²) in [7, 11) is -1.45. The Hall–Kier alpha value is -0.980. The van der Waals surface area contributed by atoms with E-state index in [1.807, 2.05) is 7.05 Å². The molecule has 1 aliphatic rings. The van der Waals surface area contributed by atoms with Crippen molar-refractivity contribution >= 4 is 10.0 Å². The smallest absolute Gasteiger partial charge is 0.244 e. The summed E-state index contributed by atoms with van der Waals surface area (Å²) in [6.07, 6.45) is 4.83. The standard InChI is InChI=1S/C13H21N3O2S/c1-3-11-10-16(8-6-13(11)14-2)19(17,18)12-5-4-7-15-9-12/h4-5,7,9,11,13-14H,3,6,8,10H2,1-2H3. The lowest BCUT2D eigenvalue weighted by molar-refractivity contribution is 0.209. The lowest BCUT2D eigenvalue weighted by atomic mass is 9.91. The summed E-state index contributed by atoms with van der Waals surface area (Å²) in [6, 6.07) is 3.67. The summed E-state index contributed by atoms with van der Waals surface area (Å²) in [5, 5.41) is 3.28. The van der Waals surface area contributed by atoms with E-state index in [1.165, 1.54) is 6.20 Å². The first-order valence-corrected chi connectivity index (χ1v) is 8.11. The molecule has 1 aromatic heterocycles. The molecule has 106 valence electrons. The number of piperidine rings is 1. The minimum atomic E-state index is -3.39. The van der Waals surface area contributed by atoms with Crippen LogP contribution in [0.3, 0.4) is 0 Å². The van der Waals surface area contributed by atoms with E-state index < -0.39 is 10.0 Å². The molecule has 1 saturated heterocycles. The SMILES string of the molecule is CCC1CN(S(=O)(=O)c2cccnc2)CCC1NC. The van der Waals surface area contributed by atoms with Gasteiger partial charge in [-0.05, 0) is 31.5 Å². The quantitative estimate of drug-likeness (QED) is 0.898. The molecule has 0 spiro atoms. The van der Waals surface area contributed by atoms with E-state index in [1.54, 1.807) is 22.6 Å². The number of nitrogens with zero attached hydrogens (tertiary/aromatic N) is 2. The molecule has 0 bridgehead atoms. The van der Waals surface area contributed by atoms with Gasteiger partial charge in [-0.15, -0.1) is 0 Å². The lowest BCUT2D eigenvalue weighted by Gasteiger charge is -2.37. The Bertz CT molecular complexity index is 504. The van der Waals surface area contributed by atoms with E-state index in [0.29, 0.717) is 25.0 Å². The molecule has 6 heteroatoms. The van der Waals surface area contributed by atoms with Crippen LogP contribution in [0, 0.1) is 5.92 Å². The Labute approximate surface area is 115 Å². The van der Waals surface area contributed by atoms with Gasteiger partial charge in [-0.2, -0.15) is 4.31 Å². The van der Waals surface area contributed by atoms with Crippen LogP contribution in [0.25, 0.3) is 0 Å². The van der Waals surface area contributed by atoms with Crippen molar-refractivity contribution in [2.75, 3.05) is 20.1 Å². The Balaban J connectivity index is 2.19. The molecule has 1 aliphatic heterocycles. The predicted molar refractivity (Wildman–Crippen MR) is 74.2 cm³/mol. The fourth-order valence-corrected chi connectivity index (χ4v) is 4.14. The van der Waals surface area contributed by atoms with Crippen LogP contribution in [0.15, 0.2) is 29.4 Å². The fourth-order valence-electron chi connectivity index (χ4n) is 2.66. The van der Waals surface area contributed by atoms with Gasteiger partial charge < -0.3 is 5.32 Å². The molecule has 0 aliphatic carbocycles. The van der Waals surface area contributed by atoms with Gasteiger partial charge in [-0.25, -0.2) is 8.42 Å². The van der Waals surface area contributed by atoms with Gasteiger partial charge in [-0.3, -0.25) is 4.98 Å². The topological polar surface area (TPSA) is 62.3 Å². The van der Waals surface area contributed by atoms with Crippen LogP contribution in [-0.4, -0.2) is 43.9 Å². The molecular weight excluding hydrogens is 262 g/mol. The van der Waals surface area contributed by atoms with Crippen LogP contribution in [0.5, 0.6) is 0 Å². The van der Waals surface area contributed by atoms with Crippen molar-refractivity contribution in [2.45, 2.75) is 30.7 Å². The first-order valence-electron chi connectivity index (χ1n) is 6.67. The molecular formula is C13H21N3O2S. The summed E-state index contributed by atoms with van der Waals surface area (Å²) in [6.45, 7) is 3.26. The fraction of sp³-hybridized carbons (Fsp3) is 0.615. The summed E-state index contributed by atoms with van der Waals surface area (Å²) in [5.41, 5.74) is 0. The molecule has 5 nitrogen and oxygen atoms in total. The van der Waals surface area contributed by atoms with Gasteiger partial charge in [0.15, 0.2) is 0 Å². The maximum Gasteiger partial charge on any atom is 0.244 e.